The Bertz CT molecular complexity index is 1130. The van der Waals surface area contributed by atoms with Gasteiger partial charge in [-0.2, -0.15) is 0 Å². The number of hydrogen-bond acceptors (Lipinski definition) is 7. The highest BCUT2D eigenvalue weighted by atomic mass is 79.9. The van der Waals surface area contributed by atoms with Gasteiger partial charge in [-0.25, -0.2) is 9.69 Å². The Kier molecular flexibility index (Phi) is 7.26. The van der Waals surface area contributed by atoms with Gasteiger partial charge in [-0.3, -0.25) is 19.7 Å². The number of amides is 3. The largest absolute Gasteiger partial charge is 0.487 e. The molecule has 2 aromatic rings. The molecular formula is C20H15Br2N3O7. The predicted octanol–water partition coefficient (Wildman–Crippen LogP) is 3.76. The van der Waals surface area contributed by atoms with E-state index in [9.17, 15) is 24.5 Å². The summed E-state index contributed by atoms with van der Waals surface area (Å²) < 4.78 is 11.4. The molecule has 0 saturated carbocycles. The van der Waals surface area contributed by atoms with Gasteiger partial charge >= 0.3 is 12.0 Å². The molecule has 0 atom stereocenters. The summed E-state index contributed by atoms with van der Waals surface area (Å²) in [6.07, 6.45) is 1.46. The summed E-state index contributed by atoms with van der Waals surface area (Å²) in [4.78, 5) is 47.0. The van der Waals surface area contributed by atoms with Crippen molar-refractivity contribution in [3.05, 3.63) is 72.3 Å². The number of carbonyl (C=O) groups is 3. The summed E-state index contributed by atoms with van der Waals surface area (Å²) in [5, 5.41) is 13.3. The first kappa shape index (κ1) is 23.4. The number of imide groups is 1. The summed E-state index contributed by atoms with van der Waals surface area (Å²) in [5.41, 5.74) is 1.16. The van der Waals surface area contributed by atoms with E-state index >= 15 is 0 Å². The van der Waals surface area contributed by atoms with Crippen LogP contribution in [0.2, 0.25) is 0 Å². The molecule has 10 nitrogen and oxygen atoms in total. The number of hydrogen-bond donors (Lipinski definition) is 1. The van der Waals surface area contributed by atoms with E-state index in [2.05, 4.69) is 41.9 Å². The molecule has 3 rings (SSSR count). The highest BCUT2D eigenvalue weighted by molar-refractivity contribution is 9.11. The van der Waals surface area contributed by atoms with E-state index in [0.717, 1.165) is 12.0 Å². The normalized spacial score (nSPS) is 14.5. The first-order valence-corrected chi connectivity index (χ1v) is 10.5. The van der Waals surface area contributed by atoms with E-state index in [1.807, 2.05) is 0 Å². The zero-order chi connectivity index (χ0) is 23.4. The Labute approximate surface area is 198 Å². The van der Waals surface area contributed by atoms with Gasteiger partial charge < -0.3 is 14.8 Å². The number of rotatable bonds is 7. The zero-order valence-electron chi connectivity index (χ0n) is 16.5. The van der Waals surface area contributed by atoms with E-state index in [1.54, 1.807) is 24.3 Å². The SMILES string of the molecule is COC(=O)CN1C(=O)N/C(=C/c2cc(Br)c(OCc3cccc([N+](=O)[O-])c3)c(Br)c2)C1=O. The number of halogens is 2. The van der Waals surface area contributed by atoms with E-state index in [-0.39, 0.29) is 18.0 Å². The van der Waals surface area contributed by atoms with Gasteiger partial charge in [-0.05, 0) is 61.2 Å². The van der Waals surface area contributed by atoms with Crippen LogP contribution in [0.4, 0.5) is 10.5 Å². The second-order valence-corrected chi connectivity index (χ2v) is 8.19. The third-order valence-corrected chi connectivity index (χ3v) is 5.49. The molecular weight excluding hydrogens is 554 g/mol. The number of nitrogens with one attached hydrogen (secondary N) is 1. The summed E-state index contributed by atoms with van der Waals surface area (Å²) in [6.45, 7) is -0.396. The van der Waals surface area contributed by atoms with E-state index in [0.29, 0.717) is 25.8 Å². The van der Waals surface area contributed by atoms with Crippen LogP contribution in [0.1, 0.15) is 11.1 Å². The van der Waals surface area contributed by atoms with Crippen molar-refractivity contribution in [3.63, 3.8) is 0 Å². The maximum atomic E-state index is 12.4. The molecule has 1 heterocycles. The van der Waals surface area contributed by atoms with Gasteiger partial charge in [0.1, 0.15) is 24.6 Å². The average Bonchev–Trinajstić information content (AvgIpc) is 3.00. The van der Waals surface area contributed by atoms with Gasteiger partial charge in [0, 0.05) is 12.1 Å². The second-order valence-electron chi connectivity index (χ2n) is 6.48. The number of ether oxygens (including phenoxy) is 2. The minimum absolute atomic E-state index is 0.00275. The Morgan fingerprint density at radius 2 is 1.91 bits per heavy atom. The molecule has 1 aliphatic rings. The van der Waals surface area contributed by atoms with Gasteiger partial charge in [-0.15, -0.1) is 0 Å². The van der Waals surface area contributed by atoms with Gasteiger partial charge in [0.2, 0.25) is 0 Å². The smallest absolute Gasteiger partial charge is 0.329 e. The van der Waals surface area contributed by atoms with E-state index < -0.39 is 29.4 Å². The summed E-state index contributed by atoms with van der Waals surface area (Å²) in [5.74, 6) is -0.920. The number of nitro benzene ring substituents is 1. The number of nitro groups is 1. The van der Waals surface area contributed by atoms with Crippen molar-refractivity contribution in [1.82, 2.24) is 10.2 Å². The number of esters is 1. The molecule has 2 aromatic carbocycles. The molecule has 1 saturated heterocycles. The van der Waals surface area contributed by atoms with Crippen LogP contribution in [-0.4, -0.2) is 41.4 Å². The number of benzene rings is 2. The maximum Gasteiger partial charge on any atom is 0.329 e. The van der Waals surface area contributed by atoms with E-state index in [4.69, 9.17) is 4.74 Å². The Morgan fingerprint density at radius 1 is 1.22 bits per heavy atom. The Morgan fingerprint density at radius 3 is 2.53 bits per heavy atom. The monoisotopic (exact) mass is 567 g/mol. The first-order chi connectivity index (χ1) is 15.2. The lowest BCUT2D eigenvalue weighted by molar-refractivity contribution is -0.384. The van der Waals surface area contributed by atoms with Crippen molar-refractivity contribution in [2.75, 3.05) is 13.7 Å². The third-order valence-electron chi connectivity index (χ3n) is 4.31. The fourth-order valence-electron chi connectivity index (χ4n) is 2.79. The molecule has 32 heavy (non-hydrogen) atoms. The van der Waals surface area contributed by atoms with Crippen LogP contribution in [0.3, 0.4) is 0 Å². The molecule has 3 amide bonds. The van der Waals surface area contributed by atoms with Crippen molar-refractivity contribution >= 4 is 61.5 Å². The summed E-state index contributed by atoms with van der Waals surface area (Å²) >= 11 is 6.81. The molecule has 0 bridgehead atoms. The second kappa shape index (κ2) is 9.92. The molecule has 0 unspecified atom stereocenters. The van der Waals surface area contributed by atoms with Gasteiger partial charge in [0.05, 0.1) is 21.0 Å². The molecule has 1 aliphatic heterocycles. The van der Waals surface area contributed by atoms with Crippen molar-refractivity contribution in [2.45, 2.75) is 6.61 Å². The van der Waals surface area contributed by atoms with Crippen LogP contribution in [0, 0.1) is 10.1 Å². The quantitative estimate of drug-likeness (QED) is 0.177. The molecule has 0 aromatic heterocycles. The molecule has 1 fully saturated rings. The van der Waals surface area contributed by atoms with Crippen LogP contribution in [0.15, 0.2) is 51.0 Å². The first-order valence-electron chi connectivity index (χ1n) is 8.96. The number of carbonyl (C=O) groups excluding carboxylic acids is 3. The Hall–Kier alpha value is -3.25. The number of urea groups is 1. The predicted molar refractivity (Wildman–Crippen MR) is 120 cm³/mol. The van der Waals surface area contributed by atoms with Crippen LogP contribution >= 0.6 is 31.9 Å². The molecule has 166 valence electrons. The van der Waals surface area contributed by atoms with Crippen molar-refractivity contribution in [2.24, 2.45) is 0 Å². The molecule has 12 heteroatoms. The van der Waals surface area contributed by atoms with Crippen LogP contribution < -0.4 is 10.1 Å². The lowest BCUT2D eigenvalue weighted by Crippen LogP contribution is -2.36. The minimum atomic E-state index is -0.721. The fourth-order valence-corrected chi connectivity index (χ4v) is 4.24. The summed E-state index contributed by atoms with van der Waals surface area (Å²) in [6, 6.07) is 8.73. The highest BCUT2D eigenvalue weighted by Crippen LogP contribution is 2.36. The molecule has 0 aliphatic carbocycles. The number of non-ortho nitro benzene ring substituents is 1. The molecule has 0 spiro atoms. The van der Waals surface area contributed by atoms with Crippen molar-refractivity contribution < 1.29 is 28.8 Å². The van der Waals surface area contributed by atoms with Crippen LogP contribution in [0.25, 0.3) is 6.08 Å². The average molecular weight is 569 g/mol. The van der Waals surface area contributed by atoms with Gasteiger partial charge in [0.25, 0.3) is 11.6 Å². The highest BCUT2D eigenvalue weighted by Gasteiger charge is 2.35. The minimum Gasteiger partial charge on any atom is -0.487 e. The van der Waals surface area contributed by atoms with Crippen LogP contribution in [0.5, 0.6) is 5.75 Å². The third kappa shape index (κ3) is 5.32. The van der Waals surface area contributed by atoms with Crippen molar-refractivity contribution in [1.29, 1.82) is 0 Å². The fraction of sp³-hybridized carbons (Fsp3) is 0.150. The lowest BCUT2D eigenvalue weighted by Gasteiger charge is -2.12. The zero-order valence-corrected chi connectivity index (χ0v) is 19.6. The van der Waals surface area contributed by atoms with Gasteiger partial charge in [0.15, 0.2) is 0 Å². The summed E-state index contributed by atoms with van der Waals surface area (Å²) in [7, 11) is 1.16. The van der Waals surface area contributed by atoms with Crippen molar-refractivity contribution in [3.8, 4) is 5.75 Å². The molecule has 1 N–H and O–H groups in total. The maximum absolute atomic E-state index is 12.4. The number of methoxy groups -OCH3 is 1. The lowest BCUT2D eigenvalue weighted by atomic mass is 10.1. The van der Waals surface area contributed by atoms with E-state index in [1.165, 1.54) is 18.2 Å². The Balaban J connectivity index is 1.76. The van der Waals surface area contributed by atoms with Crippen LogP contribution in [-0.2, 0) is 20.9 Å². The topological polar surface area (TPSA) is 128 Å². The number of nitrogens with zero attached hydrogens (tertiary/aromatic N) is 2. The standard InChI is InChI=1S/C20H15Br2N3O7/c1-31-17(26)9-24-19(27)16(23-20(24)28)8-12-6-14(21)18(15(22)7-12)32-10-11-3-2-4-13(5-11)25(29)30/h2-8H,9-10H2,1H3,(H,23,28)/b16-8+. The molecule has 0 radical (unpaired) electrons. The van der Waals surface area contributed by atoms with Gasteiger partial charge in [-0.1, -0.05) is 12.1 Å².